The second-order valence-electron chi connectivity index (χ2n) is 20.6. The molecule has 0 saturated carbocycles. The minimum Gasteiger partial charge on any atom is -0.756 e. The topological polar surface area (TPSA) is 108 Å². The number of hydrogen-bond acceptors (Lipinski definition) is 6. The number of phosphoric acid groups is 1. The molecule has 0 bridgehead atoms. The minimum absolute atomic E-state index is 0.000912. The van der Waals surface area contributed by atoms with Gasteiger partial charge in [-0.3, -0.25) is 9.36 Å². The van der Waals surface area contributed by atoms with Crippen molar-refractivity contribution in [3.63, 3.8) is 0 Å². The van der Waals surface area contributed by atoms with Gasteiger partial charge in [0, 0.05) is 6.42 Å². The Kier molecular flexibility index (Phi) is 47.3. The van der Waals surface area contributed by atoms with Crippen LogP contribution in [0.2, 0.25) is 0 Å². The minimum atomic E-state index is -4.58. The summed E-state index contributed by atoms with van der Waals surface area (Å²) < 4.78 is 23.2. The highest BCUT2D eigenvalue weighted by molar-refractivity contribution is 7.45. The van der Waals surface area contributed by atoms with Gasteiger partial charge in [0.1, 0.15) is 13.2 Å². The number of rotatable bonds is 52. The van der Waals surface area contributed by atoms with Crippen molar-refractivity contribution in [2.75, 3.05) is 40.9 Å². The van der Waals surface area contributed by atoms with E-state index >= 15 is 0 Å². The number of quaternary nitrogens is 1. The molecule has 0 aromatic carbocycles. The molecular weight excluding hydrogens is 828 g/mol. The van der Waals surface area contributed by atoms with Crippen LogP contribution < -0.4 is 10.2 Å². The van der Waals surface area contributed by atoms with Gasteiger partial charge < -0.3 is 28.8 Å². The number of nitrogens with zero attached hydrogens (tertiary/aromatic N) is 1. The summed E-state index contributed by atoms with van der Waals surface area (Å²) in [6.07, 6.45) is 60.1. The lowest BCUT2D eigenvalue weighted by Gasteiger charge is -2.29. The number of unbranched alkanes of at least 4 members (excludes halogenated alkanes) is 37. The predicted octanol–water partition coefficient (Wildman–Crippen LogP) is 16.2. The molecule has 0 fully saturated rings. The number of nitrogens with one attached hydrogen (secondary N) is 1. The number of amides is 1. The Morgan fingerprint density at radius 3 is 1.20 bits per heavy atom. The van der Waals surface area contributed by atoms with Crippen LogP contribution in [-0.4, -0.2) is 68.5 Å². The van der Waals surface area contributed by atoms with Crippen LogP contribution in [0.4, 0.5) is 0 Å². The standard InChI is InChI=1S/C56H111N2O6P/c1-6-8-10-12-14-16-17-18-19-20-21-22-23-24-25-26-27-28-29-30-31-32-33-34-35-36-37-38-39-40-41-42-44-46-48-50-56(60)57-54(53-64-65(61,62)63-52-51-58(3,4)5)55(59)49-47-45-43-15-13-11-9-7-2/h20-21,47,49,54-55,59H,6-19,22-46,48,50-53H2,1-5H3,(H-,57,60,61,62)/b21-20-,49-47+. The number of aliphatic hydroxyl groups is 1. The molecule has 386 valence electrons. The van der Waals surface area contributed by atoms with E-state index < -0.39 is 20.0 Å². The van der Waals surface area contributed by atoms with E-state index in [1.807, 2.05) is 27.2 Å². The highest BCUT2D eigenvalue weighted by Crippen LogP contribution is 2.38. The second kappa shape index (κ2) is 48.0. The van der Waals surface area contributed by atoms with Crippen LogP contribution in [0.1, 0.15) is 277 Å². The fourth-order valence-corrected chi connectivity index (χ4v) is 9.17. The van der Waals surface area contributed by atoms with Crippen LogP contribution in [0.25, 0.3) is 0 Å². The van der Waals surface area contributed by atoms with Crippen molar-refractivity contribution in [3.05, 3.63) is 24.3 Å². The van der Waals surface area contributed by atoms with Gasteiger partial charge in [-0.25, -0.2) is 0 Å². The summed E-state index contributed by atoms with van der Waals surface area (Å²) in [5.41, 5.74) is 0. The smallest absolute Gasteiger partial charge is 0.268 e. The van der Waals surface area contributed by atoms with Crippen LogP contribution in [0, 0.1) is 0 Å². The maximum atomic E-state index is 12.9. The summed E-state index contributed by atoms with van der Waals surface area (Å²) in [7, 11) is 1.27. The number of allylic oxidation sites excluding steroid dienone is 3. The van der Waals surface area contributed by atoms with Crippen LogP contribution in [-0.2, 0) is 18.4 Å². The average Bonchev–Trinajstić information content (AvgIpc) is 3.26. The average molecular weight is 939 g/mol. The number of aliphatic hydroxyl groups excluding tert-OH is 1. The van der Waals surface area contributed by atoms with Gasteiger partial charge >= 0.3 is 0 Å². The SMILES string of the molecule is CCCCCCCC/C=C/C(O)C(COP(=O)([O-])OCC[N+](C)(C)C)NC(=O)CCCCCCCCCCCCCCCCCCCCCCCCC/C=C\CCCCCCCCCC. The quantitative estimate of drug-likeness (QED) is 0.0272. The van der Waals surface area contributed by atoms with Gasteiger partial charge in [0.15, 0.2) is 0 Å². The van der Waals surface area contributed by atoms with Crippen LogP contribution in [0.15, 0.2) is 24.3 Å². The molecule has 0 heterocycles. The number of hydrogen-bond donors (Lipinski definition) is 2. The fraction of sp³-hybridized carbons (Fsp3) is 0.911. The van der Waals surface area contributed by atoms with Crippen LogP contribution >= 0.6 is 7.82 Å². The first-order chi connectivity index (χ1) is 31.5. The van der Waals surface area contributed by atoms with E-state index in [1.54, 1.807) is 6.08 Å². The largest absolute Gasteiger partial charge is 0.756 e. The van der Waals surface area contributed by atoms with E-state index in [1.165, 1.54) is 218 Å². The molecule has 0 spiro atoms. The summed E-state index contributed by atoms with van der Waals surface area (Å²) in [5, 5.41) is 13.7. The zero-order chi connectivity index (χ0) is 47.8. The van der Waals surface area contributed by atoms with Gasteiger partial charge in [0.05, 0.1) is 39.9 Å². The fourth-order valence-electron chi connectivity index (χ4n) is 8.44. The molecule has 0 aromatic heterocycles. The Bertz CT molecular complexity index is 1110. The number of carbonyl (C=O) groups excluding carboxylic acids is 1. The van der Waals surface area contributed by atoms with Gasteiger partial charge in [-0.2, -0.15) is 0 Å². The molecule has 3 unspecified atom stereocenters. The molecule has 8 nitrogen and oxygen atoms in total. The molecule has 0 rings (SSSR count). The van der Waals surface area contributed by atoms with E-state index in [9.17, 15) is 19.4 Å². The van der Waals surface area contributed by atoms with Crippen LogP contribution in [0.5, 0.6) is 0 Å². The van der Waals surface area contributed by atoms with E-state index in [0.29, 0.717) is 17.4 Å². The third-order valence-corrected chi connectivity index (χ3v) is 13.9. The van der Waals surface area contributed by atoms with E-state index in [4.69, 9.17) is 9.05 Å². The first kappa shape index (κ1) is 64.0. The molecule has 0 radical (unpaired) electrons. The molecule has 0 aromatic rings. The predicted molar refractivity (Wildman–Crippen MR) is 279 cm³/mol. The number of likely N-dealkylation sites (N-methyl/N-ethyl adjacent to an activating group) is 1. The Morgan fingerprint density at radius 1 is 0.523 bits per heavy atom. The third kappa shape index (κ3) is 50.7. The third-order valence-electron chi connectivity index (χ3n) is 12.9. The molecule has 0 aliphatic carbocycles. The van der Waals surface area contributed by atoms with Gasteiger partial charge in [-0.05, 0) is 44.9 Å². The summed E-state index contributed by atoms with van der Waals surface area (Å²) >= 11 is 0. The number of carbonyl (C=O) groups is 1. The second-order valence-corrected chi connectivity index (χ2v) is 22.1. The van der Waals surface area contributed by atoms with E-state index in [0.717, 1.165) is 38.5 Å². The first-order valence-corrected chi connectivity index (χ1v) is 29.7. The van der Waals surface area contributed by atoms with Crippen molar-refractivity contribution >= 4 is 13.7 Å². The summed E-state index contributed by atoms with van der Waals surface area (Å²) in [6.45, 7) is 4.62. The molecule has 3 atom stereocenters. The molecule has 9 heteroatoms. The van der Waals surface area contributed by atoms with E-state index in [-0.39, 0.29) is 19.1 Å². The zero-order valence-corrected chi connectivity index (χ0v) is 44.9. The molecule has 0 aliphatic rings. The van der Waals surface area contributed by atoms with Crippen LogP contribution in [0.3, 0.4) is 0 Å². The molecule has 0 saturated heterocycles. The summed E-state index contributed by atoms with van der Waals surface area (Å²) in [6, 6.07) is -0.880. The molecule has 65 heavy (non-hydrogen) atoms. The Labute approximate surface area is 404 Å². The first-order valence-electron chi connectivity index (χ1n) is 28.2. The molecule has 0 aliphatic heterocycles. The highest BCUT2D eigenvalue weighted by atomic mass is 31.2. The monoisotopic (exact) mass is 939 g/mol. The Hall–Kier alpha value is -1.02. The van der Waals surface area contributed by atoms with Crippen molar-refractivity contribution in [1.82, 2.24) is 5.32 Å². The molecule has 2 N–H and O–H groups in total. The van der Waals surface area contributed by atoms with Crippen molar-refractivity contribution in [2.45, 2.75) is 289 Å². The summed E-state index contributed by atoms with van der Waals surface area (Å²) in [5.74, 6) is -0.196. The summed E-state index contributed by atoms with van der Waals surface area (Å²) in [4.78, 5) is 25.3. The van der Waals surface area contributed by atoms with Crippen molar-refractivity contribution in [1.29, 1.82) is 0 Å². The van der Waals surface area contributed by atoms with E-state index in [2.05, 4.69) is 31.3 Å². The van der Waals surface area contributed by atoms with Gasteiger partial charge in [-0.15, -0.1) is 0 Å². The van der Waals surface area contributed by atoms with Crippen molar-refractivity contribution in [3.8, 4) is 0 Å². The lowest BCUT2D eigenvalue weighted by molar-refractivity contribution is -0.870. The lowest BCUT2D eigenvalue weighted by Crippen LogP contribution is -2.45. The Balaban J connectivity index is 3.82. The van der Waals surface area contributed by atoms with Gasteiger partial charge in [0.2, 0.25) is 5.91 Å². The maximum Gasteiger partial charge on any atom is 0.268 e. The zero-order valence-electron chi connectivity index (χ0n) is 44.0. The maximum absolute atomic E-state index is 12.9. The number of phosphoric ester groups is 1. The van der Waals surface area contributed by atoms with Gasteiger partial charge in [-0.1, -0.05) is 250 Å². The van der Waals surface area contributed by atoms with Crippen molar-refractivity contribution < 1.29 is 32.9 Å². The molecule has 1 amide bonds. The Morgan fingerprint density at radius 2 is 0.846 bits per heavy atom. The van der Waals surface area contributed by atoms with Gasteiger partial charge in [0.25, 0.3) is 7.82 Å². The lowest BCUT2D eigenvalue weighted by atomic mass is 10.0. The molecular formula is C56H111N2O6P. The highest BCUT2D eigenvalue weighted by Gasteiger charge is 2.23. The van der Waals surface area contributed by atoms with Crippen molar-refractivity contribution in [2.24, 2.45) is 0 Å². The normalized spacial score (nSPS) is 14.1.